The summed E-state index contributed by atoms with van der Waals surface area (Å²) in [4.78, 5) is 23.9. The lowest BCUT2D eigenvalue weighted by atomic mass is 10.1. The number of fused-ring (bicyclic) bond motifs is 1. The van der Waals surface area contributed by atoms with Gasteiger partial charge in [-0.1, -0.05) is 41.9 Å². The summed E-state index contributed by atoms with van der Waals surface area (Å²) in [6, 6.07) is 16.3. The molecule has 2 heterocycles. The first-order valence-corrected chi connectivity index (χ1v) is 9.05. The summed E-state index contributed by atoms with van der Waals surface area (Å²) >= 11 is 6.16. The number of aryl methyl sites for hydroxylation is 1. The summed E-state index contributed by atoms with van der Waals surface area (Å²) in [5, 5.41) is 19.1. The van der Waals surface area contributed by atoms with E-state index < -0.39 is 4.92 Å². The van der Waals surface area contributed by atoms with Gasteiger partial charge in [0.15, 0.2) is 0 Å². The molecule has 0 aliphatic carbocycles. The number of nitrogens with one attached hydrogen (secondary N) is 2. The molecule has 4 rings (SSSR count). The molecule has 29 heavy (non-hydrogen) atoms. The van der Waals surface area contributed by atoms with Crippen LogP contribution in [0.4, 0.5) is 28.7 Å². The Morgan fingerprint density at radius 2 is 1.62 bits per heavy atom. The number of nitro groups is 1. The zero-order chi connectivity index (χ0) is 20.4. The van der Waals surface area contributed by atoms with Crippen molar-refractivity contribution < 1.29 is 4.92 Å². The Balaban J connectivity index is 1.78. The quantitative estimate of drug-likeness (QED) is 0.338. The van der Waals surface area contributed by atoms with Crippen LogP contribution in [0.15, 0.2) is 60.9 Å². The van der Waals surface area contributed by atoms with Gasteiger partial charge in [0.05, 0.1) is 26.8 Å². The second-order valence-corrected chi connectivity index (χ2v) is 6.64. The predicted octanol–water partition coefficient (Wildman–Crippen LogP) is 5.38. The minimum Gasteiger partial charge on any atom is -0.333 e. The molecule has 2 N–H and O–H groups in total. The van der Waals surface area contributed by atoms with Crippen LogP contribution in [0.25, 0.3) is 10.9 Å². The van der Waals surface area contributed by atoms with E-state index >= 15 is 0 Å². The van der Waals surface area contributed by atoms with E-state index in [0.717, 1.165) is 11.1 Å². The minimum absolute atomic E-state index is 0.0324. The van der Waals surface area contributed by atoms with Crippen molar-refractivity contribution in [3.05, 3.63) is 81.8 Å². The third-order valence-corrected chi connectivity index (χ3v) is 4.57. The van der Waals surface area contributed by atoms with Crippen LogP contribution in [-0.2, 0) is 0 Å². The second kappa shape index (κ2) is 7.69. The van der Waals surface area contributed by atoms with E-state index in [1.807, 2.05) is 31.2 Å². The Labute approximate surface area is 170 Å². The fraction of sp³-hybridized carbons (Fsp3) is 0.0500. The Hall–Kier alpha value is -3.78. The van der Waals surface area contributed by atoms with Crippen LogP contribution in [0, 0.1) is 17.0 Å². The van der Waals surface area contributed by atoms with Crippen LogP contribution in [-0.4, -0.2) is 19.9 Å². The maximum atomic E-state index is 11.8. The highest BCUT2D eigenvalue weighted by molar-refractivity contribution is 6.33. The molecule has 0 bridgehead atoms. The molecule has 0 spiro atoms. The zero-order valence-corrected chi connectivity index (χ0v) is 16.0. The number of pyridine rings is 1. The molecule has 0 saturated heterocycles. The minimum atomic E-state index is -0.536. The number of benzene rings is 2. The lowest BCUT2D eigenvalue weighted by Gasteiger charge is -2.12. The number of hydrogen-bond donors (Lipinski definition) is 2. The van der Waals surface area contributed by atoms with Crippen LogP contribution in [0.5, 0.6) is 0 Å². The summed E-state index contributed by atoms with van der Waals surface area (Å²) in [6.45, 7) is 1.88. The maximum absolute atomic E-state index is 11.8. The standard InChI is InChI=1S/C20H15ClN6O2/c1-12-9-10-13-5-4-8-16(17(13)24-12)26-20-18(27(28)29)19(22-11-23-20)25-15-7-3-2-6-14(15)21/h2-11H,1H3,(H2,22,23,25,26). The van der Waals surface area contributed by atoms with Crippen molar-refractivity contribution in [2.75, 3.05) is 10.6 Å². The van der Waals surface area contributed by atoms with Gasteiger partial charge in [0.2, 0.25) is 11.6 Å². The summed E-state index contributed by atoms with van der Waals surface area (Å²) in [7, 11) is 0. The zero-order valence-electron chi connectivity index (χ0n) is 15.3. The molecular weight excluding hydrogens is 392 g/mol. The van der Waals surface area contributed by atoms with E-state index in [-0.39, 0.29) is 17.3 Å². The number of hydrogen-bond acceptors (Lipinski definition) is 7. The van der Waals surface area contributed by atoms with Crippen molar-refractivity contribution >= 4 is 51.2 Å². The lowest BCUT2D eigenvalue weighted by Crippen LogP contribution is -2.06. The third kappa shape index (κ3) is 3.78. The molecule has 0 aliphatic rings. The molecule has 4 aromatic rings. The molecule has 2 aromatic carbocycles. The van der Waals surface area contributed by atoms with Crippen LogP contribution in [0.2, 0.25) is 5.02 Å². The maximum Gasteiger partial charge on any atom is 0.353 e. The first kappa shape index (κ1) is 18.6. The molecule has 0 fully saturated rings. The lowest BCUT2D eigenvalue weighted by molar-refractivity contribution is -0.383. The number of aromatic nitrogens is 3. The molecule has 0 radical (unpaired) electrons. The highest BCUT2D eigenvalue weighted by Crippen LogP contribution is 2.35. The number of nitrogens with zero attached hydrogens (tertiary/aromatic N) is 4. The van der Waals surface area contributed by atoms with E-state index in [2.05, 4.69) is 25.6 Å². The highest BCUT2D eigenvalue weighted by atomic mass is 35.5. The van der Waals surface area contributed by atoms with E-state index in [9.17, 15) is 10.1 Å². The number of anilines is 4. The molecule has 0 aliphatic heterocycles. The van der Waals surface area contributed by atoms with Gasteiger partial charge in [-0.25, -0.2) is 9.97 Å². The molecule has 8 nitrogen and oxygen atoms in total. The Morgan fingerprint density at radius 1 is 0.931 bits per heavy atom. The topological polar surface area (TPSA) is 106 Å². The molecule has 2 aromatic heterocycles. The molecule has 9 heteroatoms. The number of para-hydroxylation sites is 2. The second-order valence-electron chi connectivity index (χ2n) is 6.24. The SMILES string of the molecule is Cc1ccc2cccc(Nc3ncnc(Nc4ccccc4Cl)c3[N+](=O)[O-])c2n1. The smallest absolute Gasteiger partial charge is 0.333 e. The van der Waals surface area contributed by atoms with Crippen LogP contribution in [0.1, 0.15) is 5.69 Å². The molecule has 0 saturated carbocycles. The van der Waals surface area contributed by atoms with Gasteiger partial charge in [-0.05, 0) is 31.2 Å². The molecular formula is C20H15ClN6O2. The van der Waals surface area contributed by atoms with Crippen molar-refractivity contribution in [3.8, 4) is 0 Å². The van der Waals surface area contributed by atoms with Gasteiger partial charge in [0.25, 0.3) is 0 Å². The number of rotatable bonds is 5. The van der Waals surface area contributed by atoms with Gasteiger partial charge < -0.3 is 10.6 Å². The summed E-state index contributed by atoms with van der Waals surface area (Å²) < 4.78 is 0. The summed E-state index contributed by atoms with van der Waals surface area (Å²) in [5.41, 5.74) is 2.35. The average molecular weight is 407 g/mol. The van der Waals surface area contributed by atoms with E-state index in [1.54, 1.807) is 30.3 Å². The highest BCUT2D eigenvalue weighted by Gasteiger charge is 2.24. The number of halogens is 1. The van der Waals surface area contributed by atoms with Crippen LogP contribution >= 0.6 is 11.6 Å². The van der Waals surface area contributed by atoms with Crippen molar-refractivity contribution in [1.82, 2.24) is 15.0 Å². The van der Waals surface area contributed by atoms with Gasteiger partial charge in [0, 0.05) is 11.1 Å². The first-order valence-electron chi connectivity index (χ1n) is 8.67. The van der Waals surface area contributed by atoms with Gasteiger partial charge in [-0.15, -0.1) is 0 Å². The van der Waals surface area contributed by atoms with E-state index in [4.69, 9.17) is 11.6 Å². The Bertz CT molecular complexity index is 1230. The largest absolute Gasteiger partial charge is 0.353 e. The van der Waals surface area contributed by atoms with Gasteiger partial charge in [-0.3, -0.25) is 15.1 Å². The summed E-state index contributed by atoms with van der Waals surface area (Å²) in [6.07, 6.45) is 1.25. The summed E-state index contributed by atoms with van der Waals surface area (Å²) in [5.74, 6) is 0.0836. The van der Waals surface area contributed by atoms with E-state index in [1.165, 1.54) is 6.33 Å². The van der Waals surface area contributed by atoms with Crippen molar-refractivity contribution in [3.63, 3.8) is 0 Å². The molecule has 0 amide bonds. The Morgan fingerprint density at radius 3 is 2.34 bits per heavy atom. The van der Waals surface area contributed by atoms with Gasteiger partial charge >= 0.3 is 5.69 Å². The monoisotopic (exact) mass is 406 g/mol. The fourth-order valence-electron chi connectivity index (χ4n) is 2.90. The third-order valence-electron chi connectivity index (χ3n) is 4.24. The van der Waals surface area contributed by atoms with E-state index in [0.29, 0.717) is 21.9 Å². The van der Waals surface area contributed by atoms with Gasteiger partial charge in [0.1, 0.15) is 6.33 Å². The van der Waals surface area contributed by atoms with Gasteiger partial charge in [-0.2, -0.15) is 0 Å². The van der Waals surface area contributed by atoms with Crippen molar-refractivity contribution in [2.24, 2.45) is 0 Å². The average Bonchev–Trinajstić information content (AvgIpc) is 2.70. The van der Waals surface area contributed by atoms with Crippen molar-refractivity contribution in [1.29, 1.82) is 0 Å². The predicted molar refractivity (Wildman–Crippen MR) is 113 cm³/mol. The van der Waals surface area contributed by atoms with Crippen LogP contribution in [0.3, 0.4) is 0 Å². The van der Waals surface area contributed by atoms with Crippen molar-refractivity contribution in [2.45, 2.75) is 6.92 Å². The van der Waals surface area contributed by atoms with Crippen LogP contribution < -0.4 is 10.6 Å². The normalized spacial score (nSPS) is 10.7. The molecule has 0 unspecified atom stereocenters. The first-order chi connectivity index (χ1) is 14.0. The molecule has 144 valence electrons. The Kier molecular flexibility index (Phi) is 4.92. The molecule has 0 atom stereocenters. The fourth-order valence-corrected chi connectivity index (χ4v) is 3.08.